The molecule has 2 aromatic carbocycles. The summed E-state index contributed by atoms with van der Waals surface area (Å²) in [4.78, 5) is 2.48. The van der Waals surface area contributed by atoms with Crippen molar-refractivity contribution in [2.24, 2.45) is 0 Å². The summed E-state index contributed by atoms with van der Waals surface area (Å²) in [6, 6.07) is 13.9. The molecule has 0 saturated heterocycles. The summed E-state index contributed by atoms with van der Waals surface area (Å²) < 4.78 is 18.1. The molecule has 1 aliphatic rings. The Morgan fingerprint density at radius 2 is 1.96 bits per heavy atom. The SMILES string of the molecule is Cc1ccccc1CN(C)Cn1nc(-c2ccc3c(c2)OCO3)oc1=S. The van der Waals surface area contributed by atoms with Crippen LogP contribution in [0.15, 0.2) is 46.9 Å². The van der Waals surface area contributed by atoms with E-state index in [0.717, 1.165) is 17.9 Å². The van der Waals surface area contributed by atoms with Crippen LogP contribution in [-0.4, -0.2) is 28.5 Å². The number of fused-ring (bicyclic) bond motifs is 1. The standard InChI is InChI=1S/C19H19N3O3S/c1-13-5-3-4-6-15(13)10-21(2)11-22-19(26)25-18(20-22)14-7-8-16-17(9-14)24-12-23-16/h3-9H,10-12H2,1-2H3. The van der Waals surface area contributed by atoms with Crippen molar-refractivity contribution in [3.05, 3.63) is 58.4 Å². The van der Waals surface area contributed by atoms with Gasteiger partial charge in [-0.05, 0) is 55.5 Å². The first-order valence-corrected chi connectivity index (χ1v) is 8.72. The highest BCUT2D eigenvalue weighted by molar-refractivity contribution is 7.71. The second-order valence-electron chi connectivity index (χ2n) is 6.32. The molecule has 7 heteroatoms. The van der Waals surface area contributed by atoms with E-state index in [4.69, 9.17) is 26.1 Å². The summed E-state index contributed by atoms with van der Waals surface area (Å²) >= 11 is 5.33. The van der Waals surface area contributed by atoms with Crippen molar-refractivity contribution in [2.45, 2.75) is 20.1 Å². The quantitative estimate of drug-likeness (QED) is 0.634. The third kappa shape index (κ3) is 3.36. The van der Waals surface area contributed by atoms with Crippen molar-refractivity contribution in [1.29, 1.82) is 0 Å². The third-order valence-electron chi connectivity index (χ3n) is 4.30. The van der Waals surface area contributed by atoms with Crippen LogP contribution in [0.4, 0.5) is 0 Å². The Labute approximate surface area is 156 Å². The lowest BCUT2D eigenvalue weighted by Crippen LogP contribution is -2.22. The topological polar surface area (TPSA) is 52.7 Å². The van der Waals surface area contributed by atoms with E-state index in [9.17, 15) is 0 Å². The molecular formula is C19H19N3O3S. The van der Waals surface area contributed by atoms with Gasteiger partial charge in [0.2, 0.25) is 12.7 Å². The van der Waals surface area contributed by atoms with Gasteiger partial charge in [0.25, 0.3) is 4.84 Å². The number of aromatic nitrogens is 2. The Bertz CT molecular complexity index is 996. The van der Waals surface area contributed by atoms with Crippen molar-refractivity contribution >= 4 is 12.2 Å². The molecule has 0 bridgehead atoms. The number of benzene rings is 2. The minimum Gasteiger partial charge on any atom is -0.454 e. The Hall–Kier alpha value is -2.64. The number of nitrogens with zero attached hydrogens (tertiary/aromatic N) is 3. The predicted octanol–water partition coefficient (Wildman–Crippen LogP) is 4.00. The second kappa shape index (κ2) is 6.93. The van der Waals surface area contributed by atoms with E-state index in [1.54, 1.807) is 4.68 Å². The highest BCUT2D eigenvalue weighted by Crippen LogP contribution is 2.35. The molecule has 0 fully saturated rings. The molecule has 0 radical (unpaired) electrons. The molecule has 134 valence electrons. The van der Waals surface area contributed by atoms with Crippen LogP contribution in [0.2, 0.25) is 0 Å². The molecule has 6 nitrogen and oxygen atoms in total. The first kappa shape index (κ1) is 16.8. The van der Waals surface area contributed by atoms with Gasteiger partial charge in [-0.1, -0.05) is 24.3 Å². The highest BCUT2D eigenvalue weighted by atomic mass is 32.1. The van der Waals surface area contributed by atoms with Crippen molar-refractivity contribution in [3.8, 4) is 23.0 Å². The van der Waals surface area contributed by atoms with Gasteiger partial charge >= 0.3 is 0 Å². The molecular weight excluding hydrogens is 350 g/mol. The molecule has 1 aromatic heterocycles. The molecule has 0 amide bonds. The monoisotopic (exact) mass is 369 g/mol. The van der Waals surface area contributed by atoms with Gasteiger partial charge in [-0.3, -0.25) is 4.90 Å². The maximum atomic E-state index is 5.68. The van der Waals surface area contributed by atoms with E-state index < -0.39 is 0 Å². The fourth-order valence-corrected chi connectivity index (χ4v) is 3.08. The van der Waals surface area contributed by atoms with Crippen LogP contribution in [-0.2, 0) is 13.2 Å². The summed E-state index contributed by atoms with van der Waals surface area (Å²) in [5.74, 6) is 1.89. The smallest absolute Gasteiger partial charge is 0.288 e. The largest absolute Gasteiger partial charge is 0.454 e. The van der Waals surface area contributed by atoms with Crippen molar-refractivity contribution in [1.82, 2.24) is 14.7 Å². The van der Waals surface area contributed by atoms with Crippen LogP contribution in [0.25, 0.3) is 11.5 Å². The number of aryl methyl sites for hydroxylation is 1. The summed E-state index contributed by atoms with van der Waals surface area (Å²) in [5, 5.41) is 4.52. The predicted molar refractivity (Wildman–Crippen MR) is 99.5 cm³/mol. The molecule has 2 heterocycles. The van der Waals surface area contributed by atoms with E-state index in [2.05, 4.69) is 35.1 Å². The van der Waals surface area contributed by atoms with E-state index >= 15 is 0 Å². The molecule has 0 unspecified atom stereocenters. The van der Waals surface area contributed by atoms with Gasteiger partial charge in [0.1, 0.15) is 0 Å². The van der Waals surface area contributed by atoms with Gasteiger partial charge in [0.05, 0.1) is 6.67 Å². The molecule has 4 rings (SSSR count). The maximum absolute atomic E-state index is 5.68. The van der Waals surface area contributed by atoms with E-state index in [0.29, 0.717) is 23.1 Å². The Balaban J connectivity index is 1.52. The summed E-state index contributed by atoms with van der Waals surface area (Å²) in [5.41, 5.74) is 3.35. The van der Waals surface area contributed by atoms with Gasteiger partial charge in [-0.25, -0.2) is 4.68 Å². The summed E-state index contributed by atoms with van der Waals surface area (Å²) in [7, 11) is 2.03. The molecule has 0 atom stereocenters. The average Bonchev–Trinajstić information content (AvgIpc) is 3.23. The lowest BCUT2D eigenvalue weighted by atomic mass is 10.1. The molecule has 3 aromatic rings. The van der Waals surface area contributed by atoms with Crippen molar-refractivity contribution in [3.63, 3.8) is 0 Å². The second-order valence-corrected chi connectivity index (χ2v) is 6.67. The number of rotatable bonds is 5. The van der Waals surface area contributed by atoms with Gasteiger partial charge < -0.3 is 13.9 Å². The first-order valence-electron chi connectivity index (χ1n) is 8.31. The van der Waals surface area contributed by atoms with Crippen LogP contribution in [0, 0.1) is 11.8 Å². The third-order valence-corrected chi connectivity index (χ3v) is 4.60. The van der Waals surface area contributed by atoms with Crippen LogP contribution in [0.1, 0.15) is 11.1 Å². The average molecular weight is 369 g/mol. The molecule has 0 aliphatic carbocycles. The van der Waals surface area contributed by atoms with E-state index in [-0.39, 0.29) is 6.79 Å². The van der Waals surface area contributed by atoms with E-state index in [1.165, 1.54) is 11.1 Å². The van der Waals surface area contributed by atoms with Crippen molar-refractivity contribution in [2.75, 3.05) is 13.8 Å². The zero-order valence-corrected chi connectivity index (χ0v) is 15.5. The summed E-state index contributed by atoms with van der Waals surface area (Å²) in [6.45, 7) is 3.70. The fourth-order valence-electron chi connectivity index (χ4n) is 2.90. The molecule has 0 saturated carbocycles. The Morgan fingerprint density at radius 3 is 2.81 bits per heavy atom. The molecule has 26 heavy (non-hydrogen) atoms. The minimum absolute atomic E-state index is 0.236. The zero-order chi connectivity index (χ0) is 18.1. The Morgan fingerprint density at radius 1 is 1.15 bits per heavy atom. The van der Waals surface area contributed by atoms with Crippen LogP contribution < -0.4 is 9.47 Å². The van der Waals surface area contributed by atoms with Gasteiger partial charge in [0.15, 0.2) is 11.5 Å². The molecule has 1 aliphatic heterocycles. The van der Waals surface area contributed by atoms with Crippen molar-refractivity contribution < 1.29 is 13.9 Å². The van der Waals surface area contributed by atoms with E-state index in [1.807, 2.05) is 31.3 Å². The summed E-state index contributed by atoms with van der Waals surface area (Å²) in [6.07, 6.45) is 0. The lowest BCUT2D eigenvalue weighted by Gasteiger charge is -2.17. The lowest BCUT2D eigenvalue weighted by molar-refractivity contribution is 0.174. The molecule has 0 spiro atoms. The molecule has 0 N–H and O–H groups in total. The highest BCUT2D eigenvalue weighted by Gasteiger charge is 2.17. The van der Waals surface area contributed by atoms with Crippen LogP contribution in [0.3, 0.4) is 0 Å². The normalized spacial score (nSPS) is 12.7. The zero-order valence-electron chi connectivity index (χ0n) is 14.6. The van der Waals surface area contributed by atoms with Gasteiger partial charge in [-0.2, -0.15) is 0 Å². The van der Waals surface area contributed by atoms with Crippen LogP contribution >= 0.6 is 12.2 Å². The van der Waals surface area contributed by atoms with Gasteiger partial charge in [0, 0.05) is 12.1 Å². The number of ether oxygens (including phenoxy) is 2. The minimum atomic E-state index is 0.236. The maximum Gasteiger partial charge on any atom is 0.288 e. The Kier molecular flexibility index (Phi) is 4.48. The fraction of sp³-hybridized carbons (Fsp3) is 0.263. The number of hydrogen-bond acceptors (Lipinski definition) is 6. The van der Waals surface area contributed by atoms with Crippen LogP contribution in [0.5, 0.6) is 11.5 Å². The first-order chi connectivity index (χ1) is 12.6. The number of hydrogen-bond donors (Lipinski definition) is 0. The van der Waals surface area contributed by atoms with Gasteiger partial charge in [-0.15, -0.1) is 5.10 Å².